The van der Waals surface area contributed by atoms with E-state index in [2.05, 4.69) is 11.8 Å². The van der Waals surface area contributed by atoms with E-state index in [1.54, 1.807) is 0 Å². The summed E-state index contributed by atoms with van der Waals surface area (Å²) in [6, 6.07) is 0.677. The fourth-order valence-corrected chi connectivity index (χ4v) is 2.21. The average Bonchev–Trinajstić information content (AvgIpc) is 2.56. The molecule has 2 rings (SSSR count). The van der Waals surface area contributed by atoms with Gasteiger partial charge in [-0.2, -0.15) is 0 Å². The van der Waals surface area contributed by atoms with Gasteiger partial charge in [0, 0.05) is 31.3 Å². The highest BCUT2D eigenvalue weighted by molar-refractivity contribution is 5.85. The first-order valence-electron chi connectivity index (χ1n) is 5.28. The van der Waals surface area contributed by atoms with Crippen LogP contribution in [0.5, 0.6) is 0 Å². The molecule has 0 amide bonds. The second-order valence-electron chi connectivity index (χ2n) is 4.71. The van der Waals surface area contributed by atoms with Gasteiger partial charge in [0.05, 0.1) is 6.61 Å². The Morgan fingerprint density at radius 3 is 2.50 bits per heavy atom. The van der Waals surface area contributed by atoms with E-state index in [0.717, 1.165) is 39.1 Å². The van der Waals surface area contributed by atoms with Crippen molar-refractivity contribution in [3.05, 3.63) is 0 Å². The van der Waals surface area contributed by atoms with Crippen LogP contribution in [0.3, 0.4) is 0 Å². The van der Waals surface area contributed by atoms with E-state index in [4.69, 9.17) is 10.5 Å². The van der Waals surface area contributed by atoms with Gasteiger partial charge in [-0.15, -0.1) is 12.4 Å². The van der Waals surface area contributed by atoms with Gasteiger partial charge in [-0.3, -0.25) is 4.90 Å². The minimum Gasteiger partial charge on any atom is -0.380 e. The summed E-state index contributed by atoms with van der Waals surface area (Å²) in [7, 11) is 0. The summed E-state index contributed by atoms with van der Waals surface area (Å²) in [5.74, 6) is 0. The number of ether oxygens (including phenoxy) is 1. The molecule has 0 spiro atoms. The number of halogens is 1. The predicted molar refractivity (Wildman–Crippen MR) is 59.9 cm³/mol. The molecule has 0 saturated carbocycles. The Kier molecular flexibility index (Phi) is 4.19. The van der Waals surface area contributed by atoms with E-state index in [1.807, 2.05) is 0 Å². The number of hydrogen-bond donors (Lipinski definition) is 1. The van der Waals surface area contributed by atoms with Crippen LogP contribution in [0.2, 0.25) is 0 Å². The number of piperidine rings is 1. The normalized spacial score (nSPS) is 32.6. The second kappa shape index (κ2) is 4.79. The van der Waals surface area contributed by atoms with Gasteiger partial charge < -0.3 is 10.5 Å². The second-order valence-corrected chi connectivity index (χ2v) is 4.71. The number of hydrogen-bond acceptors (Lipinski definition) is 3. The quantitative estimate of drug-likeness (QED) is 0.717. The molecule has 0 aromatic rings. The molecule has 1 atom stereocenters. The van der Waals surface area contributed by atoms with Crippen molar-refractivity contribution >= 4 is 12.4 Å². The maximum Gasteiger partial charge on any atom is 0.0622 e. The van der Waals surface area contributed by atoms with Crippen molar-refractivity contribution in [1.82, 2.24) is 4.90 Å². The lowest BCUT2D eigenvalue weighted by molar-refractivity contribution is 0.104. The Bertz CT molecular complexity index is 171. The lowest BCUT2D eigenvalue weighted by Gasteiger charge is -2.39. The molecule has 2 N–H and O–H groups in total. The molecule has 84 valence electrons. The van der Waals surface area contributed by atoms with E-state index in [-0.39, 0.29) is 17.9 Å². The highest BCUT2D eigenvalue weighted by Crippen LogP contribution is 2.23. The Morgan fingerprint density at radius 2 is 2.00 bits per heavy atom. The van der Waals surface area contributed by atoms with Gasteiger partial charge in [-0.1, -0.05) is 0 Å². The summed E-state index contributed by atoms with van der Waals surface area (Å²) in [6.07, 6.45) is 3.47. The standard InChI is InChI=1S/C10H20N2O.ClH/c1-10(11)3-5-12(6-4-10)9-2-7-13-8-9;/h9H,2-8,11H2,1H3;1H. The Balaban J connectivity index is 0.000000980. The van der Waals surface area contributed by atoms with Crippen molar-refractivity contribution in [3.63, 3.8) is 0 Å². The van der Waals surface area contributed by atoms with Crippen LogP contribution in [0.25, 0.3) is 0 Å². The van der Waals surface area contributed by atoms with Crippen LogP contribution in [-0.4, -0.2) is 42.8 Å². The van der Waals surface area contributed by atoms with Crippen molar-refractivity contribution in [3.8, 4) is 0 Å². The monoisotopic (exact) mass is 220 g/mol. The average molecular weight is 221 g/mol. The van der Waals surface area contributed by atoms with E-state index in [1.165, 1.54) is 6.42 Å². The van der Waals surface area contributed by atoms with E-state index >= 15 is 0 Å². The van der Waals surface area contributed by atoms with E-state index in [9.17, 15) is 0 Å². The van der Waals surface area contributed by atoms with Crippen LogP contribution in [0, 0.1) is 0 Å². The maximum atomic E-state index is 6.08. The van der Waals surface area contributed by atoms with Crippen LogP contribution >= 0.6 is 12.4 Å². The predicted octanol–water partition coefficient (Wildman–Crippen LogP) is 1.01. The molecule has 2 aliphatic heterocycles. The molecule has 0 aromatic carbocycles. The summed E-state index contributed by atoms with van der Waals surface area (Å²) in [5.41, 5.74) is 6.16. The number of nitrogens with two attached hydrogens (primary N) is 1. The largest absolute Gasteiger partial charge is 0.380 e. The van der Waals surface area contributed by atoms with Crippen molar-refractivity contribution in [2.45, 2.75) is 37.8 Å². The van der Waals surface area contributed by atoms with Crippen molar-refractivity contribution in [1.29, 1.82) is 0 Å². The number of likely N-dealkylation sites (tertiary alicyclic amines) is 1. The Morgan fingerprint density at radius 1 is 1.36 bits per heavy atom. The molecule has 4 heteroatoms. The van der Waals surface area contributed by atoms with Gasteiger partial charge in [-0.25, -0.2) is 0 Å². The minimum absolute atomic E-state index is 0. The smallest absolute Gasteiger partial charge is 0.0622 e. The molecule has 2 aliphatic rings. The van der Waals surface area contributed by atoms with E-state index < -0.39 is 0 Å². The first-order chi connectivity index (χ1) is 6.17. The third-order valence-corrected chi connectivity index (χ3v) is 3.36. The molecule has 2 saturated heterocycles. The number of rotatable bonds is 1. The minimum atomic E-state index is 0. The molecule has 2 fully saturated rings. The van der Waals surface area contributed by atoms with Gasteiger partial charge in [0.2, 0.25) is 0 Å². The zero-order chi connectivity index (χ0) is 9.31. The summed E-state index contributed by atoms with van der Waals surface area (Å²) < 4.78 is 5.39. The fraction of sp³-hybridized carbons (Fsp3) is 1.00. The molecule has 0 aromatic heterocycles. The van der Waals surface area contributed by atoms with Crippen LogP contribution in [-0.2, 0) is 4.74 Å². The topological polar surface area (TPSA) is 38.5 Å². The van der Waals surface area contributed by atoms with Crippen LogP contribution in [0.1, 0.15) is 26.2 Å². The lowest BCUT2D eigenvalue weighted by Crippen LogP contribution is -2.51. The molecular formula is C10H21ClN2O. The lowest BCUT2D eigenvalue weighted by atomic mass is 9.90. The highest BCUT2D eigenvalue weighted by Gasteiger charge is 2.31. The van der Waals surface area contributed by atoms with Crippen molar-refractivity contribution in [2.24, 2.45) is 5.73 Å². The molecular weight excluding hydrogens is 200 g/mol. The van der Waals surface area contributed by atoms with Gasteiger partial charge in [0.15, 0.2) is 0 Å². The fourth-order valence-electron chi connectivity index (χ4n) is 2.21. The zero-order valence-corrected chi connectivity index (χ0v) is 9.68. The van der Waals surface area contributed by atoms with Gasteiger partial charge >= 0.3 is 0 Å². The summed E-state index contributed by atoms with van der Waals surface area (Å²) >= 11 is 0. The van der Waals surface area contributed by atoms with Crippen molar-refractivity contribution < 1.29 is 4.74 Å². The molecule has 3 nitrogen and oxygen atoms in total. The molecule has 1 unspecified atom stereocenters. The number of nitrogens with zero attached hydrogens (tertiary/aromatic N) is 1. The first-order valence-corrected chi connectivity index (χ1v) is 5.28. The zero-order valence-electron chi connectivity index (χ0n) is 8.87. The van der Waals surface area contributed by atoms with Crippen LogP contribution in [0.4, 0.5) is 0 Å². The first kappa shape index (κ1) is 12.2. The SMILES string of the molecule is CC1(N)CCN(C2CCOC2)CC1.Cl. The molecule has 14 heavy (non-hydrogen) atoms. The van der Waals surface area contributed by atoms with Gasteiger partial charge in [0.1, 0.15) is 0 Å². The molecule has 2 heterocycles. The van der Waals surface area contributed by atoms with Gasteiger partial charge in [0.25, 0.3) is 0 Å². The van der Waals surface area contributed by atoms with Crippen LogP contribution in [0.15, 0.2) is 0 Å². The highest BCUT2D eigenvalue weighted by atomic mass is 35.5. The van der Waals surface area contributed by atoms with Crippen LogP contribution < -0.4 is 5.73 Å². The molecule has 0 radical (unpaired) electrons. The Hall–Kier alpha value is 0.170. The van der Waals surface area contributed by atoms with Gasteiger partial charge in [-0.05, 0) is 26.2 Å². The van der Waals surface area contributed by atoms with E-state index in [0.29, 0.717) is 6.04 Å². The summed E-state index contributed by atoms with van der Waals surface area (Å²) in [6.45, 7) is 6.35. The Labute approximate surface area is 92.4 Å². The molecule has 0 bridgehead atoms. The summed E-state index contributed by atoms with van der Waals surface area (Å²) in [5, 5.41) is 0. The maximum absolute atomic E-state index is 6.08. The molecule has 0 aliphatic carbocycles. The van der Waals surface area contributed by atoms with Crippen molar-refractivity contribution in [2.75, 3.05) is 26.3 Å². The third-order valence-electron chi connectivity index (χ3n) is 3.36. The summed E-state index contributed by atoms with van der Waals surface area (Å²) in [4.78, 5) is 2.54. The third kappa shape index (κ3) is 2.83.